The maximum atomic E-state index is 11.9. The fraction of sp³-hybridized carbons (Fsp3) is 0.467. The molecule has 0 spiro atoms. The second-order valence-corrected chi connectivity index (χ2v) is 20.8. The van der Waals surface area contributed by atoms with Crippen molar-refractivity contribution in [2.75, 3.05) is 18.0 Å². The minimum absolute atomic E-state index is 0.119. The van der Waals surface area contributed by atoms with Gasteiger partial charge in [0, 0.05) is 0 Å². The Bertz CT molecular complexity index is 537. The van der Waals surface area contributed by atoms with Gasteiger partial charge in [-0.3, -0.25) is 0 Å². The summed E-state index contributed by atoms with van der Waals surface area (Å²) in [4.78, 5) is 31.5. The van der Waals surface area contributed by atoms with Gasteiger partial charge in [-0.1, -0.05) is 0 Å². The topological polar surface area (TPSA) is 58.6 Å². The molecule has 0 unspecified atom stereocenters. The van der Waals surface area contributed by atoms with E-state index in [1.807, 2.05) is 12.1 Å². The van der Waals surface area contributed by atoms with E-state index in [1.54, 1.807) is 4.90 Å². The van der Waals surface area contributed by atoms with Crippen LogP contribution in [0.5, 0.6) is 0 Å². The molecule has 1 aromatic rings. The van der Waals surface area contributed by atoms with Crippen LogP contribution in [0.3, 0.4) is 0 Å². The number of amides is 2. The first-order valence-corrected chi connectivity index (χ1v) is 17.1. The molecule has 0 radical (unpaired) electrons. The Hall–Kier alpha value is -1.24. The summed E-state index contributed by atoms with van der Waals surface area (Å²) in [6.07, 6.45) is -0.639. The molecule has 21 heavy (non-hydrogen) atoms. The van der Waals surface area contributed by atoms with Gasteiger partial charge in [-0.2, -0.15) is 0 Å². The average molecular weight is 397 g/mol. The maximum absolute atomic E-state index is 11.9. The van der Waals surface area contributed by atoms with E-state index in [0.29, 0.717) is 13.1 Å². The van der Waals surface area contributed by atoms with Crippen molar-refractivity contribution in [1.82, 2.24) is 5.32 Å². The van der Waals surface area contributed by atoms with Crippen molar-refractivity contribution in [1.29, 1.82) is 0 Å². The molecule has 114 valence electrons. The molecule has 2 rings (SSSR count). The molecule has 1 aliphatic heterocycles. The van der Waals surface area contributed by atoms with Gasteiger partial charge in [-0.15, -0.1) is 0 Å². The summed E-state index contributed by atoms with van der Waals surface area (Å²) in [6.45, 7) is 2.27. The quantitative estimate of drug-likeness (QED) is 0.788. The van der Waals surface area contributed by atoms with E-state index in [0.717, 1.165) is 5.69 Å². The predicted molar refractivity (Wildman–Crippen MR) is 85.7 cm³/mol. The van der Waals surface area contributed by atoms with Crippen molar-refractivity contribution < 1.29 is 14.3 Å². The number of nitrogens with one attached hydrogen (secondary N) is 1. The van der Waals surface area contributed by atoms with Crippen LogP contribution in [0.2, 0.25) is 14.8 Å². The van der Waals surface area contributed by atoms with Gasteiger partial charge in [0.15, 0.2) is 0 Å². The molecule has 1 heterocycles. The molecule has 6 heteroatoms. The van der Waals surface area contributed by atoms with Gasteiger partial charge in [0.1, 0.15) is 0 Å². The van der Waals surface area contributed by atoms with E-state index in [4.69, 9.17) is 4.74 Å². The Morgan fingerprint density at radius 3 is 2.48 bits per heavy atom. The predicted octanol–water partition coefficient (Wildman–Crippen LogP) is 1.69. The number of anilines is 1. The van der Waals surface area contributed by atoms with Crippen LogP contribution in [0.25, 0.3) is 0 Å². The van der Waals surface area contributed by atoms with E-state index in [9.17, 15) is 9.59 Å². The van der Waals surface area contributed by atoms with Crippen molar-refractivity contribution in [2.45, 2.75) is 27.8 Å². The average Bonchev–Trinajstić information content (AvgIpc) is 2.77. The van der Waals surface area contributed by atoms with Gasteiger partial charge >= 0.3 is 129 Å². The molecule has 0 bridgehead atoms. The van der Waals surface area contributed by atoms with E-state index in [-0.39, 0.29) is 18.1 Å². The Morgan fingerprint density at radius 2 is 1.95 bits per heavy atom. The molecule has 1 saturated heterocycles. The molecule has 1 aliphatic rings. The number of carbonyl (C=O) groups excluding carboxylic acids is 2. The number of nitrogens with zero attached hydrogens (tertiary/aromatic N) is 1. The number of cyclic esters (lactones) is 1. The molecular formula is C15H22N2O3Sn. The molecule has 5 nitrogen and oxygen atoms in total. The van der Waals surface area contributed by atoms with Crippen LogP contribution in [0, 0.1) is 0 Å². The number of benzene rings is 1. The molecule has 2 amide bonds. The Balaban J connectivity index is 2.05. The van der Waals surface area contributed by atoms with Crippen molar-refractivity contribution >= 4 is 39.6 Å². The van der Waals surface area contributed by atoms with Crippen molar-refractivity contribution in [3.63, 3.8) is 0 Å². The number of carbonyl (C=O) groups is 2. The van der Waals surface area contributed by atoms with E-state index < -0.39 is 18.4 Å². The van der Waals surface area contributed by atoms with Crippen LogP contribution in [0.15, 0.2) is 24.3 Å². The third-order valence-electron chi connectivity index (χ3n) is 3.50. The van der Waals surface area contributed by atoms with Crippen molar-refractivity contribution in [2.24, 2.45) is 0 Å². The SMILES string of the molecule is CC(=O)NC[C@H]1CN(c2cc[c]([Sn]([CH3])([CH3])[CH3])cc2)C(=O)O1. The van der Waals surface area contributed by atoms with Gasteiger partial charge < -0.3 is 0 Å². The van der Waals surface area contributed by atoms with E-state index >= 15 is 0 Å². The van der Waals surface area contributed by atoms with Crippen LogP contribution < -0.4 is 13.8 Å². The van der Waals surface area contributed by atoms with Crippen LogP contribution in [-0.4, -0.2) is 49.6 Å². The second-order valence-electron chi connectivity index (χ2n) is 6.35. The second kappa shape index (κ2) is 6.25. The number of rotatable bonds is 4. The zero-order valence-corrected chi connectivity index (χ0v) is 15.8. The zero-order valence-electron chi connectivity index (χ0n) is 13.0. The molecule has 0 aromatic heterocycles. The Morgan fingerprint density at radius 1 is 1.33 bits per heavy atom. The number of ether oxygens (including phenoxy) is 1. The van der Waals surface area contributed by atoms with Crippen LogP contribution in [0.4, 0.5) is 10.5 Å². The summed E-state index contributed by atoms with van der Waals surface area (Å²) in [6, 6.07) is 8.22. The first-order valence-electron chi connectivity index (χ1n) is 7.10. The van der Waals surface area contributed by atoms with E-state index in [1.165, 1.54) is 10.5 Å². The van der Waals surface area contributed by atoms with Gasteiger partial charge in [-0.25, -0.2) is 0 Å². The summed E-state index contributed by atoms with van der Waals surface area (Å²) < 4.78 is 6.69. The van der Waals surface area contributed by atoms with E-state index in [2.05, 4.69) is 32.3 Å². The Labute approximate surface area is 129 Å². The van der Waals surface area contributed by atoms with Gasteiger partial charge in [-0.05, 0) is 0 Å². The molecule has 1 aromatic carbocycles. The molecule has 0 saturated carbocycles. The molecule has 1 N–H and O–H groups in total. The van der Waals surface area contributed by atoms with Crippen molar-refractivity contribution in [3.8, 4) is 0 Å². The minimum atomic E-state index is -2.06. The van der Waals surface area contributed by atoms with Gasteiger partial charge in [0.05, 0.1) is 0 Å². The fourth-order valence-electron chi connectivity index (χ4n) is 2.24. The Kier molecular flexibility index (Phi) is 4.80. The summed E-state index contributed by atoms with van der Waals surface area (Å²) >= 11 is -2.06. The third kappa shape index (κ3) is 4.12. The van der Waals surface area contributed by atoms with Crippen LogP contribution in [0.1, 0.15) is 6.92 Å². The summed E-state index contributed by atoms with van der Waals surface area (Å²) in [7, 11) is 0. The van der Waals surface area contributed by atoms with Crippen LogP contribution in [-0.2, 0) is 9.53 Å². The molecule has 1 atom stereocenters. The molecule has 1 fully saturated rings. The fourth-order valence-corrected chi connectivity index (χ4v) is 5.57. The standard InChI is InChI=1S/C12H13N2O3.3CH3.Sn/c1-9(15)13-7-11-8-14(12(16)17-11)10-5-3-2-4-6-10;;;;/h3-6,11H,7-8H2,1H3,(H,13,15);3*1H3;/t11-;;;;/m0..../s1. The van der Waals surface area contributed by atoms with Crippen LogP contribution >= 0.6 is 0 Å². The number of hydrogen-bond donors (Lipinski definition) is 1. The normalized spacial score (nSPS) is 18.6. The van der Waals surface area contributed by atoms with Crippen molar-refractivity contribution in [3.05, 3.63) is 24.3 Å². The van der Waals surface area contributed by atoms with Gasteiger partial charge in [0.25, 0.3) is 0 Å². The summed E-state index contributed by atoms with van der Waals surface area (Å²) in [5, 5.41) is 2.67. The zero-order chi connectivity index (χ0) is 15.6. The number of hydrogen-bond acceptors (Lipinski definition) is 3. The molecule has 0 aliphatic carbocycles. The summed E-state index contributed by atoms with van der Waals surface area (Å²) in [5.41, 5.74) is 0.851. The monoisotopic (exact) mass is 398 g/mol. The first-order chi connectivity index (χ1) is 9.77. The molecular weight excluding hydrogens is 375 g/mol. The van der Waals surface area contributed by atoms with Gasteiger partial charge in [0.2, 0.25) is 0 Å². The third-order valence-corrected chi connectivity index (χ3v) is 9.39. The summed E-state index contributed by atoms with van der Waals surface area (Å²) in [5.74, 6) is -0.119. The first kappa shape index (κ1) is 16.1.